The highest BCUT2D eigenvalue weighted by Crippen LogP contribution is 2.23. The fraction of sp³-hybridized carbons (Fsp3) is 0.0769. The van der Waals surface area contributed by atoms with Crippen LogP contribution in [-0.4, -0.2) is 22.9 Å². The number of nitro groups is 1. The first-order valence-corrected chi connectivity index (χ1v) is 6.27. The molecule has 8 heteroatoms. The van der Waals surface area contributed by atoms with Crippen LogP contribution in [-0.2, 0) is 0 Å². The number of nitrogens with zero attached hydrogens (tertiary/aromatic N) is 3. The van der Waals surface area contributed by atoms with Crippen LogP contribution in [0.25, 0.3) is 0 Å². The molecule has 21 heavy (non-hydrogen) atoms. The maximum Gasteiger partial charge on any atom is 0.313 e. The topological polar surface area (TPSA) is 88.4 Å². The van der Waals surface area contributed by atoms with E-state index in [2.05, 4.69) is 10.4 Å². The van der Waals surface area contributed by atoms with Crippen molar-refractivity contribution in [2.75, 3.05) is 12.1 Å². The quantitative estimate of drug-likeness (QED) is 0.692. The highest BCUT2D eigenvalue weighted by atomic mass is 35.5. The first-order chi connectivity index (χ1) is 10.0. The molecule has 0 bridgehead atoms. The minimum Gasteiger partial charge on any atom is -0.267 e. The summed E-state index contributed by atoms with van der Waals surface area (Å²) >= 11 is 5.93. The van der Waals surface area contributed by atoms with E-state index in [-0.39, 0.29) is 17.1 Å². The van der Waals surface area contributed by atoms with Crippen LogP contribution in [0.2, 0.25) is 5.02 Å². The molecular weight excluding hydrogens is 296 g/mol. The lowest BCUT2D eigenvalue weighted by Crippen LogP contribution is -2.40. The number of pyridine rings is 1. The molecule has 0 radical (unpaired) electrons. The molecule has 0 saturated heterocycles. The number of hydrogen-bond acceptors (Lipinski definition) is 5. The first kappa shape index (κ1) is 14.7. The van der Waals surface area contributed by atoms with Gasteiger partial charge in [0.1, 0.15) is 0 Å². The van der Waals surface area contributed by atoms with Crippen LogP contribution in [0.3, 0.4) is 0 Å². The van der Waals surface area contributed by atoms with Gasteiger partial charge in [0.15, 0.2) is 0 Å². The minimum absolute atomic E-state index is 0.0305. The molecule has 0 atom stereocenters. The molecule has 0 aliphatic rings. The predicted octanol–water partition coefficient (Wildman–Crippen LogP) is 2.42. The van der Waals surface area contributed by atoms with Crippen molar-refractivity contribution in [2.24, 2.45) is 0 Å². The van der Waals surface area contributed by atoms with Crippen LogP contribution in [0.15, 0.2) is 42.6 Å². The summed E-state index contributed by atoms with van der Waals surface area (Å²) in [6, 6.07) is 9.26. The smallest absolute Gasteiger partial charge is 0.267 e. The SMILES string of the molecule is CN(NC(=O)c1ccccc1Cl)c1ncccc1[N+](=O)[O-]. The average molecular weight is 307 g/mol. The molecule has 1 amide bonds. The number of hydrazine groups is 1. The third kappa shape index (κ3) is 3.26. The molecule has 2 rings (SSSR count). The lowest BCUT2D eigenvalue weighted by atomic mass is 10.2. The number of amides is 1. The van der Waals surface area contributed by atoms with E-state index in [1.807, 2.05) is 0 Å². The van der Waals surface area contributed by atoms with Gasteiger partial charge in [0, 0.05) is 19.3 Å². The minimum atomic E-state index is -0.569. The van der Waals surface area contributed by atoms with Crippen molar-refractivity contribution in [1.29, 1.82) is 0 Å². The summed E-state index contributed by atoms with van der Waals surface area (Å²) in [6.07, 6.45) is 1.40. The van der Waals surface area contributed by atoms with Crippen molar-refractivity contribution >= 4 is 29.0 Å². The molecule has 108 valence electrons. The Labute approximate surface area is 125 Å². The maximum absolute atomic E-state index is 12.1. The fourth-order valence-electron chi connectivity index (χ4n) is 1.70. The second kappa shape index (κ2) is 6.19. The molecule has 7 nitrogen and oxygen atoms in total. The number of benzene rings is 1. The van der Waals surface area contributed by atoms with E-state index in [0.29, 0.717) is 5.02 Å². The Morgan fingerprint density at radius 3 is 2.71 bits per heavy atom. The Bertz CT molecular complexity index is 693. The second-order valence-corrected chi connectivity index (χ2v) is 4.49. The van der Waals surface area contributed by atoms with Crippen LogP contribution in [0.1, 0.15) is 10.4 Å². The van der Waals surface area contributed by atoms with E-state index >= 15 is 0 Å². The molecule has 0 aliphatic heterocycles. The summed E-state index contributed by atoms with van der Waals surface area (Å²) in [6.45, 7) is 0. The number of anilines is 1. The summed E-state index contributed by atoms with van der Waals surface area (Å²) in [5.41, 5.74) is 2.55. The molecule has 0 spiro atoms. The molecule has 0 fully saturated rings. The molecule has 0 saturated carbocycles. The summed E-state index contributed by atoms with van der Waals surface area (Å²) in [5.74, 6) is -0.453. The highest BCUT2D eigenvalue weighted by Gasteiger charge is 2.20. The van der Waals surface area contributed by atoms with Gasteiger partial charge < -0.3 is 0 Å². The normalized spacial score (nSPS) is 10.0. The Balaban J connectivity index is 2.23. The van der Waals surface area contributed by atoms with Crippen LogP contribution >= 0.6 is 11.6 Å². The van der Waals surface area contributed by atoms with E-state index in [4.69, 9.17) is 11.6 Å². The van der Waals surface area contributed by atoms with E-state index in [1.165, 1.54) is 30.4 Å². The van der Waals surface area contributed by atoms with Crippen molar-refractivity contribution in [3.63, 3.8) is 0 Å². The molecular formula is C13H11ClN4O3. The monoisotopic (exact) mass is 306 g/mol. The summed E-state index contributed by atoms with van der Waals surface area (Å²) in [4.78, 5) is 26.4. The van der Waals surface area contributed by atoms with Gasteiger partial charge in [-0.2, -0.15) is 0 Å². The zero-order valence-electron chi connectivity index (χ0n) is 11.0. The Kier molecular flexibility index (Phi) is 4.34. The molecule has 0 aliphatic carbocycles. The van der Waals surface area contributed by atoms with E-state index in [1.54, 1.807) is 24.3 Å². The van der Waals surface area contributed by atoms with Gasteiger partial charge in [-0.15, -0.1) is 0 Å². The molecule has 1 aromatic carbocycles. The van der Waals surface area contributed by atoms with E-state index in [9.17, 15) is 14.9 Å². The molecule has 1 aromatic heterocycles. The zero-order chi connectivity index (χ0) is 15.4. The van der Waals surface area contributed by atoms with Crippen LogP contribution in [0.5, 0.6) is 0 Å². The number of nitrogens with one attached hydrogen (secondary N) is 1. The van der Waals surface area contributed by atoms with Gasteiger partial charge in [-0.1, -0.05) is 23.7 Å². The fourth-order valence-corrected chi connectivity index (χ4v) is 1.92. The van der Waals surface area contributed by atoms with Gasteiger partial charge in [-0.3, -0.25) is 25.3 Å². The predicted molar refractivity (Wildman–Crippen MR) is 78.2 cm³/mol. The summed E-state index contributed by atoms with van der Waals surface area (Å²) in [7, 11) is 1.46. The van der Waals surface area contributed by atoms with Crippen LogP contribution in [0, 0.1) is 10.1 Å². The number of hydrogen-bond donors (Lipinski definition) is 1. The number of rotatable bonds is 4. The summed E-state index contributed by atoms with van der Waals surface area (Å²) in [5, 5.41) is 12.4. The Morgan fingerprint density at radius 1 is 1.33 bits per heavy atom. The largest absolute Gasteiger partial charge is 0.313 e. The second-order valence-electron chi connectivity index (χ2n) is 4.08. The van der Waals surface area contributed by atoms with Crippen molar-refractivity contribution < 1.29 is 9.72 Å². The van der Waals surface area contributed by atoms with Crippen LogP contribution in [0.4, 0.5) is 11.5 Å². The van der Waals surface area contributed by atoms with Crippen molar-refractivity contribution in [3.8, 4) is 0 Å². The molecule has 1 N–H and O–H groups in total. The highest BCUT2D eigenvalue weighted by molar-refractivity contribution is 6.33. The van der Waals surface area contributed by atoms with Crippen molar-refractivity contribution in [2.45, 2.75) is 0 Å². The Hall–Kier alpha value is -2.67. The molecule has 0 unspecified atom stereocenters. The third-order valence-corrected chi connectivity index (χ3v) is 3.00. The van der Waals surface area contributed by atoms with Gasteiger partial charge in [0.05, 0.1) is 15.5 Å². The van der Waals surface area contributed by atoms with Crippen molar-refractivity contribution in [1.82, 2.24) is 10.4 Å². The van der Waals surface area contributed by atoms with Gasteiger partial charge in [0.2, 0.25) is 5.82 Å². The van der Waals surface area contributed by atoms with Gasteiger partial charge in [0.25, 0.3) is 5.91 Å². The van der Waals surface area contributed by atoms with Gasteiger partial charge in [-0.25, -0.2) is 4.98 Å². The average Bonchev–Trinajstić information content (AvgIpc) is 2.47. The first-order valence-electron chi connectivity index (χ1n) is 5.89. The van der Waals surface area contributed by atoms with E-state index in [0.717, 1.165) is 0 Å². The van der Waals surface area contributed by atoms with Gasteiger partial charge >= 0.3 is 5.69 Å². The number of aromatic nitrogens is 1. The lowest BCUT2D eigenvalue weighted by Gasteiger charge is -2.19. The molecule has 1 heterocycles. The number of carbonyl (C=O) groups is 1. The Morgan fingerprint density at radius 2 is 2.05 bits per heavy atom. The zero-order valence-corrected chi connectivity index (χ0v) is 11.7. The molecule has 2 aromatic rings. The third-order valence-electron chi connectivity index (χ3n) is 2.67. The summed E-state index contributed by atoms with van der Waals surface area (Å²) < 4.78 is 0. The van der Waals surface area contributed by atoms with Crippen molar-refractivity contribution in [3.05, 3.63) is 63.3 Å². The van der Waals surface area contributed by atoms with Crippen LogP contribution < -0.4 is 10.4 Å². The number of carbonyl (C=O) groups excluding carboxylic acids is 1. The van der Waals surface area contributed by atoms with E-state index < -0.39 is 10.8 Å². The maximum atomic E-state index is 12.1. The van der Waals surface area contributed by atoms with Gasteiger partial charge in [-0.05, 0) is 18.2 Å². The standard InChI is InChI=1S/C13H11ClN4O3/c1-17(12-11(18(20)21)7-4-8-15-12)16-13(19)9-5-2-3-6-10(9)14/h2-8H,1H3,(H,16,19). The lowest BCUT2D eigenvalue weighted by molar-refractivity contribution is -0.384. The number of halogens is 1.